The number of sulfone groups is 2. The summed E-state index contributed by atoms with van der Waals surface area (Å²) in [4.78, 5) is 105. The van der Waals surface area contributed by atoms with E-state index in [4.69, 9.17) is 22.0 Å². The summed E-state index contributed by atoms with van der Waals surface area (Å²) < 4.78 is 96.9. The van der Waals surface area contributed by atoms with Crippen LogP contribution < -0.4 is 0 Å². The molecule has 2 aromatic carbocycles. The van der Waals surface area contributed by atoms with Gasteiger partial charge in [-0.15, -0.1) is 0 Å². The summed E-state index contributed by atoms with van der Waals surface area (Å²) in [6, 6.07) is 17.8. The standard InChI is InChI=1S/C20H23NO5S2.C9H11N3O.C9H15NO.C8H13NO.C8H15NO.C7H9F4NO.C7H13NO3.C7H11NO/c1-17(2)20(22)21(13-15-27(23,24)18-9-5-3-6-10-18)14-16-28(25,26)19-11-7-4-8-12-19;1-3-9(13)12(7-4-5-10)8-6-11-2;1-8(2)9(11)10-6-4-3-5-7-10;1-2-8(10)9-6-4-3-5-7-9;1-5-9(6-2)8(10)7(3)4;1-2-7(13)12(3-5(8)9)4-6(10)11;1-2-7(11)8(3-5-9)4-6-10;1-2-7(9)8-5-3-4-6-8/h3-12H,1,13-16H2,2H3;3H,1,4,6-8H2;1,3-7H2,2H3;2H,1,3-7H2;3,5-6H2,1-2,4H3;2,5-6H,1,3-4H2;2,9-10H,1,3-6H2;2H,1,3-6H2. The number of likely N-dealkylation sites (N-methyl/N-ethyl adjacent to an activating group) is 1. The Balaban J connectivity index is -0.00000118. The number of amides is 8. The van der Waals surface area contributed by atoms with Gasteiger partial charge in [0.15, 0.2) is 19.7 Å². The fraction of sp³-hybridized carbons (Fsp3) is 0.493. The highest BCUT2D eigenvalue weighted by atomic mass is 32.2. The van der Waals surface area contributed by atoms with Crippen molar-refractivity contribution >= 4 is 66.9 Å². The first-order valence-electron chi connectivity index (χ1n) is 34.1. The van der Waals surface area contributed by atoms with E-state index in [0.29, 0.717) is 29.1 Å². The van der Waals surface area contributed by atoms with Crippen LogP contribution in [0.15, 0.2) is 170 Å². The molecule has 30 heteroatoms. The van der Waals surface area contributed by atoms with Crippen LogP contribution in [0.4, 0.5) is 17.6 Å². The van der Waals surface area contributed by atoms with Crippen molar-refractivity contribution in [3.8, 4) is 6.07 Å². The van der Waals surface area contributed by atoms with Gasteiger partial charge in [-0.1, -0.05) is 89.0 Å². The van der Waals surface area contributed by atoms with Gasteiger partial charge in [0.1, 0.15) is 0 Å². The molecule has 105 heavy (non-hydrogen) atoms. The number of alkyl halides is 4. The van der Waals surface area contributed by atoms with E-state index < -0.39 is 57.4 Å². The Morgan fingerprint density at radius 3 is 1.12 bits per heavy atom. The maximum atomic E-state index is 12.5. The van der Waals surface area contributed by atoms with Crippen LogP contribution in [0.2, 0.25) is 0 Å². The molecule has 584 valence electrons. The van der Waals surface area contributed by atoms with Gasteiger partial charge in [-0.2, -0.15) is 5.26 Å². The number of nitrogens with zero attached hydrogens (tertiary/aromatic N) is 10. The van der Waals surface area contributed by atoms with Gasteiger partial charge >= 0.3 is 0 Å². The molecule has 0 atom stereocenters. The first-order chi connectivity index (χ1) is 49.6. The normalized spacial score (nSPS) is 12.5. The van der Waals surface area contributed by atoms with Gasteiger partial charge in [0.25, 0.3) is 12.9 Å². The minimum atomic E-state index is -3.59. The van der Waals surface area contributed by atoms with E-state index in [1.54, 1.807) is 55.1 Å². The van der Waals surface area contributed by atoms with Crippen molar-refractivity contribution in [2.75, 3.05) is 136 Å². The van der Waals surface area contributed by atoms with Crippen LogP contribution in [0, 0.1) is 17.9 Å². The van der Waals surface area contributed by atoms with Crippen molar-refractivity contribution in [2.24, 2.45) is 0 Å². The van der Waals surface area contributed by atoms with Crippen molar-refractivity contribution in [1.82, 2.24) is 39.2 Å². The lowest BCUT2D eigenvalue weighted by Crippen LogP contribution is -2.38. The number of hydrogen-bond acceptors (Lipinski definition) is 15. The molecule has 0 unspecified atom stereocenters. The lowest BCUT2D eigenvalue weighted by Gasteiger charge is -2.26. The van der Waals surface area contributed by atoms with Gasteiger partial charge in [-0.3, -0.25) is 38.4 Å². The highest BCUT2D eigenvalue weighted by molar-refractivity contribution is 7.91. The fourth-order valence-corrected chi connectivity index (χ4v) is 11.8. The minimum absolute atomic E-state index is 0.0602. The largest absolute Gasteiger partial charge is 0.395 e. The SMILES string of the molecule is C=C(C)C(=O)N(CC)CC.C=C(C)C(=O)N(CCS(=O)(=O)c1ccccc1)CCS(=O)(=O)c1ccccc1.C=C(C)C(=O)N1CCCCC1.C=CC(=O)N(CC(F)F)CC(F)F.C=CC(=O)N(CCO)CCO.C=CC(=O)N1CCCC1.C=CC(=O)N1CCCCC1.[C-]#[N+]CCN(CCC#N)C(=O)C=C. The summed E-state index contributed by atoms with van der Waals surface area (Å²) in [5.74, 6) is -2.14. The zero-order chi connectivity index (χ0) is 80.5. The lowest BCUT2D eigenvalue weighted by atomic mass is 10.1. The molecule has 2 N–H and O–H groups in total. The molecule has 0 radical (unpaired) electrons. The third-order valence-corrected chi connectivity index (χ3v) is 18.3. The van der Waals surface area contributed by atoms with E-state index in [0.717, 1.165) is 103 Å². The summed E-state index contributed by atoms with van der Waals surface area (Å²) in [6.07, 6.45) is 9.95. The Kier molecular flexibility index (Phi) is 56.0. The third kappa shape index (κ3) is 45.5. The molecule has 3 aliphatic rings. The monoisotopic (exact) mass is 1510 g/mol. The van der Waals surface area contributed by atoms with Crippen LogP contribution in [0.1, 0.15) is 92.4 Å². The van der Waals surface area contributed by atoms with E-state index in [2.05, 4.69) is 57.5 Å². The number of hydrogen-bond donors (Lipinski definition) is 2. The van der Waals surface area contributed by atoms with E-state index in [1.807, 2.05) is 34.6 Å². The van der Waals surface area contributed by atoms with Gasteiger partial charge in [-0.25, -0.2) is 41.0 Å². The molecule has 3 fully saturated rings. The molecule has 0 bridgehead atoms. The van der Waals surface area contributed by atoms with Gasteiger partial charge < -0.3 is 54.3 Å². The molecule has 3 aliphatic heterocycles. The van der Waals surface area contributed by atoms with Crippen LogP contribution in [0.25, 0.3) is 4.85 Å². The number of nitriles is 1. The predicted molar refractivity (Wildman–Crippen MR) is 401 cm³/mol. The number of piperidine rings is 2. The average Bonchev–Trinajstić information content (AvgIpc) is 1.43. The zero-order valence-corrected chi connectivity index (χ0v) is 63.4. The molecule has 5 rings (SSSR count). The number of carbonyl (C=O) groups excluding carboxylic acids is 8. The summed E-state index contributed by atoms with van der Waals surface area (Å²) in [5, 5.41) is 25.3. The quantitative estimate of drug-likeness (QED) is 0.0420. The van der Waals surface area contributed by atoms with E-state index in [1.165, 1.54) is 77.0 Å². The number of halogens is 4. The van der Waals surface area contributed by atoms with Crippen LogP contribution in [0.3, 0.4) is 0 Å². The first-order valence-corrected chi connectivity index (χ1v) is 37.4. The Morgan fingerprint density at radius 1 is 0.505 bits per heavy atom. The zero-order valence-electron chi connectivity index (χ0n) is 61.8. The Labute approximate surface area is 620 Å². The molecule has 2 aromatic rings. The van der Waals surface area contributed by atoms with Crippen molar-refractivity contribution in [3.63, 3.8) is 0 Å². The number of carbonyl (C=O) groups is 8. The smallest absolute Gasteiger partial charge is 0.255 e. The number of rotatable bonds is 30. The Bertz CT molecular complexity index is 3260. The number of likely N-dealkylation sites (tertiary alicyclic amines) is 3. The average molecular weight is 1520 g/mol. The molecule has 3 saturated heterocycles. The second-order valence-electron chi connectivity index (χ2n) is 23.1. The topological polar surface area (TPSA) is 299 Å². The number of aliphatic hydroxyl groups excluding tert-OH is 2. The molecular weight excluding hydrogens is 1410 g/mol. The van der Waals surface area contributed by atoms with E-state index >= 15 is 0 Å². The van der Waals surface area contributed by atoms with E-state index in [-0.39, 0.29) is 115 Å². The fourth-order valence-electron chi connectivity index (χ4n) is 9.23. The van der Waals surface area contributed by atoms with Gasteiger partial charge in [0.2, 0.25) is 53.8 Å². The summed E-state index contributed by atoms with van der Waals surface area (Å²) >= 11 is 0. The summed E-state index contributed by atoms with van der Waals surface area (Å²) in [5.41, 5.74) is 1.49. The van der Waals surface area contributed by atoms with Crippen LogP contribution in [0.5, 0.6) is 0 Å². The second kappa shape index (κ2) is 59.0. The van der Waals surface area contributed by atoms with Gasteiger partial charge in [-0.05, 0) is 141 Å². The van der Waals surface area contributed by atoms with Crippen molar-refractivity contribution in [3.05, 3.63) is 172 Å². The minimum Gasteiger partial charge on any atom is -0.395 e. The lowest BCUT2D eigenvalue weighted by molar-refractivity contribution is -0.130. The van der Waals surface area contributed by atoms with Crippen LogP contribution >= 0.6 is 0 Å². The van der Waals surface area contributed by atoms with Crippen LogP contribution in [-0.4, -0.2) is 262 Å². The maximum absolute atomic E-state index is 12.5. The first kappa shape index (κ1) is 99.8. The predicted octanol–water partition coefficient (Wildman–Crippen LogP) is 8.68. The van der Waals surface area contributed by atoms with Crippen molar-refractivity contribution < 1.29 is 83.0 Å². The second-order valence-corrected chi connectivity index (χ2v) is 27.3. The van der Waals surface area contributed by atoms with Crippen molar-refractivity contribution in [2.45, 2.75) is 115 Å². The third-order valence-electron chi connectivity index (χ3n) is 14.9. The molecule has 0 saturated carbocycles. The molecule has 3 heterocycles. The number of benzene rings is 2. The summed E-state index contributed by atoms with van der Waals surface area (Å²) in [7, 11) is -7.19. The van der Waals surface area contributed by atoms with Crippen molar-refractivity contribution in [1.29, 1.82) is 5.26 Å². The highest BCUT2D eigenvalue weighted by Crippen LogP contribution is 2.16. The Hall–Kier alpha value is -9.36. The molecule has 0 aromatic heterocycles. The highest BCUT2D eigenvalue weighted by Gasteiger charge is 2.25. The van der Waals surface area contributed by atoms with Gasteiger partial charge in [0.05, 0.1) is 66.6 Å². The van der Waals surface area contributed by atoms with Gasteiger partial charge in [0, 0.05) is 102 Å². The Morgan fingerprint density at radius 2 is 0.838 bits per heavy atom. The molecular formula is C75H110F4N10O14S2. The molecule has 0 spiro atoms. The number of aliphatic hydroxyl groups is 2. The maximum Gasteiger partial charge on any atom is 0.255 e. The van der Waals surface area contributed by atoms with Crippen LogP contribution in [-0.2, 0) is 58.0 Å². The molecule has 8 amide bonds. The summed E-state index contributed by atoms with van der Waals surface area (Å²) in [6.45, 7) is 49.0. The molecule has 0 aliphatic carbocycles. The molecule has 24 nitrogen and oxygen atoms in total. The van der Waals surface area contributed by atoms with E-state index in [9.17, 15) is 72.8 Å².